The number of rotatable bonds is 2. The first-order valence-electron chi connectivity index (χ1n) is 11.1. The summed E-state index contributed by atoms with van der Waals surface area (Å²) in [7, 11) is 1.79. The lowest BCUT2D eigenvalue weighted by Gasteiger charge is -2.36. The Morgan fingerprint density at radius 3 is 2.20 bits per heavy atom. The molecule has 0 bridgehead atoms. The molecule has 0 saturated carbocycles. The molecule has 0 radical (unpaired) electrons. The third kappa shape index (κ3) is 2.83. The van der Waals surface area contributed by atoms with Crippen LogP contribution >= 0.6 is 0 Å². The van der Waals surface area contributed by atoms with Crippen LogP contribution < -0.4 is 18.9 Å². The monoisotopic (exact) mass is 466 g/mol. The molecule has 1 atom stereocenters. The maximum absolute atomic E-state index is 13.7. The van der Waals surface area contributed by atoms with E-state index in [4.69, 9.17) is 24.0 Å². The molecule has 3 aromatic rings. The third-order valence-corrected chi connectivity index (χ3v) is 6.67. The molecule has 3 aromatic carbocycles. The summed E-state index contributed by atoms with van der Waals surface area (Å²) in [4.78, 5) is 26.9. The van der Waals surface area contributed by atoms with Crippen molar-refractivity contribution in [3.05, 3.63) is 88.5 Å². The van der Waals surface area contributed by atoms with Gasteiger partial charge in [-0.2, -0.15) is 5.10 Å². The first-order chi connectivity index (χ1) is 17.1. The number of ether oxygens (including phenoxy) is 4. The molecule has 1 aliphatic carbocycles. The first kappa shape index (κ1) is 19.8. The molecule has 4 aliphatic rings. The van der Waals surface area contributed by atoms with Gasteiger partial charge in [0, 0.05) is 29.3 Å². The predicted molar refractivity (Wildman–Crippen MR) is 125 cm³/mol. The summed E-state index contributed by atoms with van der Waals surface area (Å²) in [5.74, 6) is 0.800. The number of nitrogens with zero attached hydrogens (tertiary/aromatic N) is 2. The van der Waals surface area contributed by atoms with Gasteiger partial charge in [0.15, 0.2) is 23.0 Å². The van der Waals surface area contributed by atoms with Crippen LogP contribution in [0.3, 0.4) is 0 Å². The van der Waals surface area contributed by atoms with Crippen LogP contribution in [0.1, 0.15) is 33.0 Å². The van der Waals surface area contributed by atoms with Gasteiger partial charge in [0.05, 0.1) is 17.3 Å². The summed E-state index contributed by atoms with van der Waals surface area (Å²) >= 11 is 0. The highest BCUT2D eigenvalue weighted by atomic mass is 16.7. The molecular formula is C27H18N2O6. The molecule has 8 heteroatoms. The maximum atomic E-state index is 13.7. The Bertz CT molecular complexity index is 1520. The summed E-state index contributed by atoms with van der Waals surface area (Å²) < 4.78 is 22.2. The fourth-order valence-electron chi connectivity index (χ4n) is 5.10. The second-order valence-corrected chi connectivity index (χ2v) is 8.59. The molecule has 3 heterocycles. The second kappa shape index (κ2) is 7.20. The van der Waals surface area contributed by atoms with E-state index < -0.39 is 17.5 Å². The molecule has 1 unspecified atom stereocenters. The van der Waals surface area contributed by atoms with E-state index in [0.717, 1.165) is 11.1 Å². The molecule has 172 valence electrons. The Morgan fingerprint density at radius 2 is 1.43 bits per heavy atom. The summed E-state index contributed by atoms with van der Waals surface area (Å²) in [6.07, 6.45) is 0. The Morgan fingerprint density at radius 1 is 0.771 bits per heavy atom. The van der Waals surface area contributed by atoms with Gasteiger partial charge in [0.25, 0.3) is 0 Å². The molecule has 8 nitrogen and oxygen atoms in total. The number of fused-ring (bicyclic) bond motifs is 4. The van der Waals surface area contributed by atoms with Crippen molar-refractivity contribution in [2.45, 2.75) is 5.92 Å². The van der Waals surface area contributed by atoms with Crippen LogP contribution in [0, 0.1) is 0 Å². The van der Waals surface area contributed by atoms with Crippen molar-refractivity contribution in [1.29, 1.82) is 0 Å². The van der Waals surface area contributed by atoms with E-state index in [9.17, 15) is 9.59 Å². The molecule has 0 aromatic heterocycles. The van der Waals surface area contributed by atoms with E-state index in [-0.39, 0.29) is 13.6 Å². The average Bonchev–Trinajstić information content (AvgIpc) is 3.55. The van der Waals surface area contributed by atoms with Crippen molar-refractivity contribution in [3.8, 4) is 23.0 Å². The van der Waals surface area contributed by atoms with Gasteiger partial charge in [0.1, 0.15) is 0 Å². The molecule has 0 N–H and O–H groups in total. The van der Waals surface area contributed by atoms with Crippen LogP contribution in [0.25, 0.3) is 5.70 Å². The third-order valence-electron chi connectivity index (χ3n) is 6.67. The van der Waals surface area contributed by atoms with E-state index in [1.54, 1.807) is 24.2 Å². The van der Waals surface area contributed by atoms with Gasteiger partial charge >= 0.3 is 0 Å². The summed E-state index contributed by atoms with van der Waals surface area (Å²) in [5, 5.41) is 6.61. The lowest BCUT2D eigenvalue weighted by Crippen LogP contribution is -2.37. The quantitative estimate of drug-likeness (QED) is 0.532. The van der Waals surface area contributed by atoms with Gasteiger partial charge in [-0.3, -0.25) is 14.6 Å². The Kier molecular flexibility index (Phi) is 4.08. The lowest BCUT2D eigenvalue weighted by molar-refractivity contribution is -0.112. The molecule has 0 spiro atoms. The van der Waals surface area contributed by atoms with Crippen molar-refractivity contribution in [1.82, 2.24) is 5.01 Å². The van der Waals surface area contributed by atoms with Crippen LogP contribution in [0.5, 0.6) is 23.0 Å². The minimum Gasteiger partial charge on any atom is -0.454 e. The van der Waals surface area contributed by atoms with Crippen LogP contribution in [0.15, 0.2) is 71.3 Å². The Hall–Kier alpha value is -4.59. The van der Waals surface area contributed by atoms with Gasteiger partial charge < -0.3 is 18.9 Å². The van der Waals surface area contributed by atoms with Gasteiger partial charge in [-0.25, -0.2) is 0 Å². The summed E-state index contributed by atoms with van der Waals surface area (Å²) in [5.41, 5.74) is 4.23. The van der Waals surface area contributed by atoms with E-state index in [1.807, 2.05) is 48.5 Å². The first-order valence-corrected chi connectivity index (χ1v) is 11.1. The summed E-state index contributed by atoms with van der Waals surface area (Å²) in [6.45, 7) is 0.282. The average molecular weight is 466 g/mol. The largest absolute Gasteiger partial charge is 0.454 e. The lowest BCUT2D eigenvalue weighted by atomic mass is 9.74. The maximum Gasteiger partial charge on any atom is 0.233 e. The van der Waals surface area contributed by atoms with E-state index in [1.165, 1.54) is 0 Å². The molecule has 0 amide bonds. The van der Waals surface area contributed by atoms with E-state index in [0.29, 0.717) is 51.1 Å². The van der Waals surface area contributed by atoms with Crippen molar-refractivity contribution < 1.29 is 28.5 Å². The molecule has 0 fully saturated rings. The van der Waals surface area contributed by atoms with Crippen molar-refractivity contribution in [2.24, 2.45) is 5.10 Å². The zero-order valence-corrected chi connectivity index (χ0v) is 18.6. The zero-order valence-electron chi connectivity index (χ0n) is 18.6. The molecule has 0 saturated heterocycles. The standard InChI is InChI=1S/C27H18N2O6/c1-29-25-16-4-2-3-5-17(16)26(30)27(31)23(25)22(14-6-8-18-20(10-14)34-12-32-18)24(28-29)15-7-9-19-21(11-15)35-13-33-19/h2-11,22H,12-13H2,1H3. The van der Waals surface area contributed by atoms with Gasteiger partial charge in [0.2, 0.25) is 25.2 Å². The number of hydrazone groups is 1. The zero-order chi connectivity index (χ0) is 23.7. The highest BCUT2D eigenvalue weighted by molar-refractivity contribution is 6.53. The van der Waals surface area contributed by atoms with Crippen LogP contribution in [-0.2, 0) is 4.79 Å². The van der Waals surface area contributed by atoms with E-state index in [2.05, 4.69) is 0 Å². The normalized spacial score (nSPS) is 19.5. The van der Waals surface area contributed by atoms with Crippen LogP contribution in [0.4, 0.5) is 0 Å². The number of allylic oxidation sites excluding steroid dienone is 1. The Balaban J connectivity index is 1.48. The van der Waals surface area contributed by atoms with Gasteiger partial charge in [-0.15, -0.1) is 0 Å². The molecule has 35 heavy (non-hydrogen) atoms. The smallest absolute Gasteiger partial charge is 0.233 e. The fourth-order valence-corrected chi connectivity index (χ4v) is 5.10. The number of benzene rings is 3. The highest BCUT2D eigenvalue weighted by Gasteiger charge is 2.43. The highest BCUT2D eigenvalue weighted by Crippen LogP contribution is 2.46. The van der Waals surface area contributed by atoms with Gasteiger partial charge in [-0.05, 0) is 35.9 Å². The number of hydrogen-bond donors (Lipinski definition) is 0. The summed E-state index contributed by atoms with van der Waals surface area (Å²) in [6, 6.07) is 18.3. The SMILES string of the molecule is CN1N=C(c2ccc3c(c2)OCO3)C(c2ccc3c(c2)OCO3)C2=C1c1ccccc1C(=O)C2=O. The number of ketones is 2. The number of carbonyl (C=O) groups excluding carboxylic acids is 2. The van der Waals surface area contributed by atoms with Gasteiger partial charge in [-0.1, -0.05) is 30.3 Å². The predicted octanol–water partition coefficient (Wildman–Crippen LogP) is 3.75. The number of hydrogen-bond acceptors (Lipinski definition) is 8. The van der Waals surface area contributed by atoms with Crippen LogP contribution in [-0.4, -0.2) is 42.9 Å². The number of carbonyl (C=O) groups is 2. The Labute approximate surface area is 200 Å². The molecular weight excluding hydrogens is 448 g/mol. The van der Waals surface area contributed by atoms with Crippen molar-refractivity contribution in [3.63, 3.8) is 0 Å². The fraction of sp³-hybridized carbons (Fsp3) is 0.148. The number of Topliss-reactive ketones (excluding diaryl/α,β-unsaturated/α-hetero) is 2. The molecule has 3 aliphatic heterocycles. The topological polar surface area (TPSA) is 86.7 Å². The van der Waals surface area contributed by atoms with Crippen LogP contribution in [0.2, 0.25) is 0 Å². The minimum atomic E-state index is -0.610. The van der Waals surface area contributed by atoms with Crippen molar-refractivity contribution in [2.75, 3.05) is 20.6 Å². The van der Waals surface area contributed by atoms with Crippen molar-refractivity contribution >= 4 is 23.0 Å². The second-order valence-electron chi connectivity index (χ2n) is 8.59. The minimum absolute atomic E-state index is 0.133. The molecule has 7 rings (SSSR count). The van der Waals surface area contributed by atoms with E-state index >= 15 is 0 Å².